The maximum absolute atomic E-state index is 13.0. The third-order valence-electron chi connectivity index (χ3n) is 3.51. The molecule has 0 aliphatic carbocycles. The summed E-state index contributed by atoms with van der Waals surface area (Å²) in [7, 11) is 0. The molecule has 0 unspecified atom stereocenters. The van der Waals surface area contributed by atoms with E-state index >= 15 is 0 Å². The van der Waals surface area contributed by atoms with Crippen molar-refractivity contribution < 1.29 is 13.2 Å². The van der Waals surface area contributed by atoms with Crippen molar-refractivity contribution in [2.24, 2.45) is 0 Å². The fraction of sp³-hybridized carbons (Fsp3) is 0.357. The highest BCUT2D eigenvalue weighted by molar-refractivity contribution is 5.33. The molecular weight excluding hydrogens is 267 g/mol. The molecule has 3 nitrogen and oxygen atoms in total. The van der Waals surface area contributed by atoms with Crippen LogP contribution in [0.5, 0.6) is 0 Å². The molecule has 0 radical (unpaired) electrons. The Bertz CT molecular complexity index is 616. The van der Waals surface area contributed by atoms with Gasteiger partial charge in [0.1, 0.15) is 5.82 Å². The first-order chi connectivity index (χ1) is 9.55. The van der Waals surface area contributed by atoms with E-state index < -0.39 is 11.7 Å². The molecule has 0 spiro atoms. The van der Waals surface area contributed by atoms with Crippen molar-refractivity contribution in [3.8, 4) is 0 Å². The minimum Gasteiger partial charge on any atom is -0.329 e. The Morgan fingerprint density at radius 1 is 1.25 bits per heavy atom. The fourth-order valence-electron chi connectivity index (χ4n) is 2.55. The summed E-state index contributed by atoms with van der Waals surface area (Å²) in [4.78, 5) is 4.26. The number of hydrogen-bond donors (Lipinski definition) is 1. The Hall–Kier alpha value is -1.82. The van der Waals surface area contributed by atoms with Crippen LogP contribution in [0.4, 0.5) is 13.2 Å². The van der Waals surface area contributed by atoms with Crippen LogP contribution in [-0.4, -0.2) is 16.1 Å². The lowest BCUT2D eigenvalue weighted by Crippen LogP contribution is -2.29. The van der Waals surface area contributed by atoms with Gasteiger partial charge in [0.05, 0.1) is 12.1 Å². The molecule has 1 aromatic carbocycles. The number of nitrogens with one attached hydrogen (secondary N) is 1. The van der Waals surface area contributed by atoms with Crippen LogP contribution in [0.25, 0.3) is 0 Å². The molecule has 0 amide bonds. The number of hydrogen-bond acceptors (Lipinski definition) is 2. The zero-order valence-electron chi connectivity index (χ0n) is 10.7. The highest BCUT2D eigenvalue weighted by atomic mass is 19.4. The van der Waals surface area contributed by atoms with E-state index in [-0.39, 0.29) is 6.42 Å². The van der Waals surface area contributed by atoms with Gasteiger partial charge in [0.15, 0.2) is 0 Å². The Morgan fingerprint density at radius 3 is 2.85 bits per heavy atom. The zero-order valence-corrected chi connectivity index (χ0v) is 10.7. The van der Waals surface area contributed by atoms with E-state index in [4.69, 9.17) is 0 Å². The lowest BCUT2D eigenvalue weighted by molar-refractivity contribution is -0.138. The molecule has 0 fully saturated rings. The standard InChI is InChI=1S/C14H14F3N3/c15-14(16,17)12-4-2-1-3-10(12)7-11-8-19-13-9-18-5-6-20(11)13/h1-4,8,18H,5-7,9H2. The number of nitrogens with zero attached hydrogens (tertiary/aromatic N) is 2. The quantitative estimate of drug-likeness (QED) is 0.917. The second kappa shape index (κ2) is 4.94. The first kappa shape index (κ1) is 13.2. The normalized spacial score (nSPS) is 15.2. The van der Waals surface area contributed by atoms with E-state index in [0.717, 1.165) is 30.7 Å². The number of halogens is 3. The molecule has 1 N–H and O–H groups in total. The van der Waals surface area contributed by atoms with Crippen LogP contribution < -0.4 is 5.32 Å². The Kier molecular flexibility index (Phi) is 3.25. The van der Waals surface area contributed by atoms with E-state index in [1.165, 1.54) is 12.1 Å². The number of aromatic nitrogens is 2. The summed E-state index contributed by atoms with van der Waals surface area (Å²) >= 11 is 0. The van der Waals surface area contributed by atoms with E-state index in [9.17, 15) is 13.2 Å². The predicted octanol–water partition coefficient (Wildman–Crippen LogP) is 2.60. The third-order valence-corrected chi connectivity index (χ3v) is 3.51. The van der Waals surface area contributed by atoms with Crippen molar-refractivity contribution in [2.45, 2.75) is 25.7 Å². The highest BCUT2D eigenvalue weighted by Crippen LogP contribution is 2.32. The number of rotatable bonds is 2. The van der Waals surface area contributed by atoms with Gasteiger partial charge in [0.2, 0.25) is 0 Å². The molecule has 3 rings (SSSR count). The summed E-state index contributed by atoms with van der Waals surface area (Å²) in [5.41, 5.74) is 0.559. The molecule has 0 saturated heterocycles. The summed E-state index contributed by atoms with van der Waals surface area (Å²) in [5.74, 6) is 0.885. The molecule has 1 aliphatic rings. The molecule has 1 aromatic heterocycles. The summed E-state index contributed by atoms with van der Waals surface area (Å²) in [5, 5.41) is 3.19. The van der Waals surface area contributed by atoms with E-state index in [2.05, 4.69) is 10.3 Å². The number of alkyl halides is 3. The minimum atomic E-state index is -4.32. The predicted molar refractivity (Wildman–Crippen MR) is 68.2 cm³/mol. The lowest BCUT2D eigenvalue weighted by atomic mass is 10.0. The van der Waals surface area contributed by atoms with Crippen LogP contribution >= 0.6 is 0 Å². The van der Waals surface area contributed by atoms with Crippen LogP contribution in [0.2, 0.25) is 0 Å². The zero-order chi connectivity index (χ0) is 14.2. The highest BCUT2D eigenvalue weighted by Gasteiger charge is 2.33. The average Bonchev–Trinajstić information content (AvgIpc) is 2.82. The smallest absolute Gasteiger partial charge is 0.329 e. The van der Waals surface area contributed by atoms with Crippen molar-refractivity contribution in [2.75, 3.05) is 6.54 Å². The maximum atomic E-state index is 13.0. The molecule has 6 heteroatoms. The van der Waals surface area contributed by atoms with E-state index in [0.29, 0.717) is 12.1 Å². The molecule has 0 atom stereocenters. The van der Waals surface area contributed by atoms with Gasteiger partial charge in [-0.05, 0) is 11.6 Å². The van der Waals surface area contributed by atoms with Crippen molar-refractivity contribution in [1.82, 2.24) is 14.9 Å². The largest absolute Gasteiger partial charge is 0.416 e. The van der Waals surface area contributed by atoms with Gasteiger partial charge in [-0.2, -0.15) is 13.2 Å². The molecular formula is C14H14F3N3. The number of imidazole rings is 1. The monoisotopic (exact) mass is 281 g/mol. The Morgan fingerprint density at radius 2 is 2.05 bits per heavy atom. The molecule has 106 valence electrons. The van der Waals surface area contributed by atoms with Crippen LogP contribution in [0.15, 0.2) is 30.5 Å². The van der Waals surface area contributed by atoms with Crippen LogP contribution in [0.1, 0.15) is 22.6 Å². The van der Waals surface area contributed by atoms with Gasteiger partial charge in [-0.25, -0.2) is 4.98 Å². The van der Waals surface area contributed by atoms with Crippen LogP contribution in [0.3, 0.4) is 0 Å². The molecule has 1 aliphatic heterocycles. The second-order valence-corrected chi connectivity index (χ2v) is 4.83. The van der Waals surface area contributed by atoms with Crippen LogP contribution in [0, 0.1) is 0 Å². The van der Waals surface area contributed by atoms with Gasteiger partial charge in [-0.15, -0.1) is 0 Å². The maximum Gasteiger partial charge on any atom is 0.416 e. The van der Waals surface area contributed by atoms with E-state index in [1.54, 1.807) is 12.3 Å². The second-order valence-electron chi connectivity index (χ2n) is 4.83. The van der Waals surface area contributed by atoms with Crippen molar-refractivity contribution >= 4 is 0 Å². The van der Waals surface area contributed by atoms with E-state index in [1.807, 2.05) is 4.57 Å². The first-order valence-corrected chi connectivity index (χ1v) is 6.45. The molecule has 0 saturated carbocycles. The fourth-order valence-corrected chi connectivity index (χ4v) is 2.55. The van der Waals surface area contributed by atoms with Gasteiger partial charge in [-0.3, -0.25) is 0 Å². The van der Waals surface area contributed by atoms with Crippen molar-refractivity contribution in [3.05, 3.63) is 53.1 Å². The third kappa shape index (κ3) is 2.43. The SMILES string of the molecule is FC(F)(F)c1ccccc1Cc1cnc2n1CCNC2. The Labute approximate surface area is 114 Å². The number of fused-ring (bicyclic) bond motifs is 1. The minimum absolute atomic E-state index is 0.253. The average molecular weight is 281 g/mol. The van der Waals surface area contributed by atoms with Crippen molar-refractivity contribution in [3.63, 3.8) is 0 Å². The van der Waals surface area contributed by atoms with Gasteiger partial charge in [0.25, 0.3) is 0 Å². The molecule has 0 bridgehead atoms. The van der Waals surface area contributed by atoms with Crippen molar-refractivity contribution in [1.29, 1.82) is 0 Å². The Balaban J connectivity index is 1.94. The molecule has 2 aromatic rings. The summed E-state index contributed by atoms with van der Waals surface area (Å²) < 4.78 is 41.0. The summed E-state index contributed by atoms with van der Waals surface area (Å²) in [6.45, 7) is 2.23. The van der Waals surface area contributed by atoms with Gasteiger partial charge < -0.3 is 9.88 Å². The van der Waals surface area contributed by atoms with Crippen LogP contribution in [-0.2, 0) is 25.7 Å². The lowest BCUT2D eigenvalue weighted by Gasteiger charge is -2.18. The molecule has 20 heavy (non-hydrogen) atoms. The molecule has 2 heterocycles. The van der Waals surface area contributed by atoms with Gasteiger partial charge >= 0.3 is 6.18 Å². The van der Waals surface area contributed by atoms with Gasteiger partial charge in [-0.1, -0.05) is 18.2 Å². The van der Waals surface area contributed by atoms with Gasteiger partial charge in [0, 0.05) is 31.4 Å². The first-order valence-electron chi connectivity index (χ1n) is 6.45. The summed E-state index contributed by atoms with van der Waals surface area (Å²) in [6.07, 6.45) is -2.39. The number of benzene rings is 1. The summed E-state index contributed by atoms with van der Waals surface area (Å²) in [6, 6.07) is 5.72. The topological polar surface area (TPSA) is 29.9 Å².